The third kappa shape index (κ3) is 5.01. The van der Waals surface area contributed by atoms with E-state index in [1.807, 2.05) is 0 Å². The first-order valence-electron chi connectivity index (χ1n) is 8.63. The molecule has 0 radical (unpaired) electrons. The van der Waals surface area contributed by atoms with Gasteiger partial charge in [0.25, 0.3) is 0 Å². The van der Waals surface area contributed by atoms with Crippen molar-refractivity contribution in [3.8, 4) is 0 Å². The summed E-state index contributed by atoms with van der Waals surface area (Å²) >= 11 is 0. The summed E-state index contributed by atoms with van der Waals surface area (Å²) in [6.45, 7) is 13.7. The van der Waals surface area contributed by atoms with Crippen LogP contribution in [0, 0.1) is 11.3 Å². The molecule has 20 heavy (non-hydrogen) atoms. The van der Waals surface area contributed by atoms with Crippen molar-refractivity contribution in [2.24, 2.45) is 11.3 Å². The second-order valence-corrected chi connectivity index (χ2v) is 7.50. The summed E-state index contributed by atoms with van der Waals surface area (Å²) in [5.41, 5.74) is 0.343. The standard InChI is InChI=1S/C17H34N2O/c1-15(2)18-12-17(8-5-11-20-14-17)13-19-9-4-6-16(3)7-10-19/h15-16,18H,4-14H2,1-3H3. The summed E-state index contributed by atoms with van der Waals surface area (Å²) in [5, 5.41) is 3.66. The van der Waals surface area contributed by atoms with Crippen molar-refractivity contribution in [3.05, 3.63) is 0 Å². The van der Waals surface area contributed by atoms with Gasteiger partial charge in [0.2, 0.25) is 0 Å². The first-order valence-corrected chi connectivity index (χ1v) is 8.63. The number of rotatable bonds is 5. The van der Waals surface area contributed by atoms with E-state index in [0.29, 0.717) is 11.5 Å². The molecule has 0 saturated carbocycles. The molecule has 2 aliphatic heterocycles. The van der Waals surface area contributed by atoms with E-state index in [1.54, 1.807) is 0 Å². The molecule has 0 aliphatic carbocycles. The smallest absolute Gasteiger partial charge is 0.0546 e. The Labute approximate surface area is 125 Å². The van der Waals surface area contributed by atoms with Crippen LogP contribution >= 0.6 is 0 Å². The minimum Gasteiger partial charge on any atom is -0.381 e. The minimum absolute atomic E-state index is 0.343. The Morgan fingerprint density at radius 2 is 2.10 bits per heavy atom. The quantitative estimate of drug-likeness (QED) is 0.839. The third-order valence-corrected chi connectivity index (χ3v) is 4.96. The minimum atomic E-state index is 0.343. The molecular formula is C17H34N2O. The Morgan fingerprint density at radius 3 is 2.80 bits per heavy atom. The fraction of sp³-hybridized carbons (Fsp3) is 1.00. The molecule has 2 unspecified atom stereocenters. The Balaban J connectivity index is 1.92. The van der Waals surface area contributed by atoms with Crippen LogP contribution in [-0.4, -0.2) is 50.3 Å². The van der Waals surface area contributed by atoms with Gasteiger partial charge in [-0.3, -0.25) is 0 Å². The van der Waals surface area contributed by atoms with Gasteiger partial charge in [-0.05, 0) is 51.1 Å². The van der Waals surface area contributed by atoms with E-state index in [-0.39, 0.29) is 0 Å². The summed E-state index contributed by atoms with van der Waals surface area (Å²) in [5.74, 6) is 0.910. The van der Waals surface area contributed by atoms with Crippen molar-refractivity contribution in [2.45, 2.75) is 58.9 Å². The maximum Gasteiger partial charge on any atom is 0.0546 e. The van der Waals surface area contributed by atoms with E-state index < -0.39 is 0 Å². The number of hydrogen-bond donors (Lipinski definition) is 1. The molecule has 2 atom stereocenters. The van der Waals surface area contributed by atoms with Crippen LogP contribution in [0.25, 0.3) is 0 Å². The summed E-state index contributed by atoms with van der Waals surface area (Å²) in [7, 11) is 0. The molecule has 2 saturated heterocycles. The van der Waals surface area contributed by atoms with Crippen LogP contribution in [0.1, 0.15) is 52.9 Å². The van der Waals surface area contributed by atoms with Gasteiger partial charge < -0.3 is 15.0 Å². The predicted octanol–water partition coefficient (Wildman–Crippen LogP) is 2.90. The van der Waals surface area contributed by atoms with Crippen molar-refractivity contribution in [1.82, 2.24) is 10.2 Å². The van der Waals surface area contributed by atoms with Gasteiger partial charge in [-0.2, -0.15) is 0 Å². The molecule has 2 fully saturated rings. The van der Waals surface area contributed by atoms with E-state index >= 15 is 0 Å². The lowest BCUT2D eigenvalue weighted by Gasteiger charge is -2.41. The molecule has 0 aromatic heterocycles. The zero-order valence-electron chi connectivity index (χ0n) is 13.8. The van der Waals surface area contributed by atoms with Crippen LogP contribution in [0.5, 0.6) is 0 Å². The lowest BCUT2D eigenvalue weighted by Crippen LogP contribution is -2.50. The van der Waals surface area contributed by atoms with E-state index in [9.17, 15) is 0 Å². The highest BCUT2D eigenvalue weighted by atomic mass is 16.5. The lowest BCUT2D eigenvalue weighted by molar-refractivity contribution is -0.0267. The molecule has 3 nitrogen and oxygen atoms in total. The summed E-state index contributed by atoms with van der Waals surface area (Å²) < 4.78 is 5.84. The molecule has 0 aromatic carbocycles. The van der Waals surface area contributed by atoms with Gasteiger partial charge in [0.15, 0.2) is 0 Å². The number of nitrogens with zero attached hydrogens (tertiary/aromatic N) is 1. The average molecular weight is 282 g/mol. The highest BCUT2D eigenvalue weighted by Gasteiger charge is 2.35. The van der Waals surface area contributed by atoms with E-state index in [1.165, 1.54) is 51.7 Å². The first kappa shape index (κ1) is 16.3. The van der Waals surface area contributed by atoms with E-state index in [4.69, 9.17) is 4.74 Å². The maximum absolute atomic E-state index is 5.84. The van der Waals surface area contributed by atoms with Crippen LogP contribution in [0.15, 0.2) is 0 Å². The van der Waals surface area contributed by atoms with Gasteiger partial charge in [-0.1, -0.05) is 20.8 Å². The Kier molecular flexibility index (Phi) is 6.31. The number of hydrogen-bond acceptors (Lipinski definition) is 3. The predicted molar refractivity (Wildman–Crippen MR) is 85.1 cm³/mol. The molecule has 3 heteroatoms. The second-order valence-electron chi connectivity index (χ2n) is 7.50. The molecule has 1 N–H and O–H groups in total. The molecule has 2 heterocycles. The van der Waals surface area contributed by atoms with Gasteiger partial charge >= 0.3 is 0 Å². The highest BCUT2D eigenvalue weighted by molar-refractivity contribution is 4.88. The topological polar surface area (TPSA) is 24.5 Å². The zero-order chi connectivity index (χ0) is 14.4. The van der Waals surface area contributed by atoms with E-state index in [0.717, 1.165) is 25.7 Å². The van der Waals surface area contributed by atoms with Crippen molar-refractivity contribution in [2.75, 3.05) is 39.4 Å². The van der Waals surface area contributed by atoms with Crippen LogP contribution < -0.4 is 5.32 Å². The van der Waals surface area contributed by atoms with Crippen LogP contribution in [0.3, 0.4) is 0 Å². The fourth-order valence-corrected chi connectivity index (χ4v) is 3.61. The number of nitrogens with one attached hydrogen (secondary N) is 1. The normalized spacial score (nSPS) is 33.3. The van der Waals surface area contributed by atoms with Crippen molar-refractivity contribution in [3.63, 3.8) is 0 Å². The molecule has 118 valence electrons. The third-order valence-electron chi connectivity index (χ3n) is 4.96. The van der Waals surface area contributed by atoms with Gasteiger partial charge in [-0.25, -0.2) is 0 Å². The summed E-state index contributed by atoms with van der Waals surface area (Å²) in [6, 6.07) is 0.568. The molecule has 0 bridgehead atoms. The largest absolute Gasteiger partial charge is 0.381 e. The summed E-state index contributed by atoms with van der Waals surface area (Å²) in [6.07, 6.45) is 6.69. The maximum atomic E-state index is 5.84. The van der Waals surface area contributed by atoms with E-state index in [2.05, 4.69) is 31.0 Å². The Morgan fingerprint density at radius 1 is 1.25 bits per heavy atom. The summed E-state index contributed by atoms with van der Waals surface area (Å²) in [4.78, 5) is 2.71. The van der Waals surface area contributed by atoms with Gasteiger partial charge in [0, 0.05) is 31.2 Å². The van der Waals surface area contributed by atoms with Crippen LogP contribution in [0.2, 0.25) is 0 Å². The van der Waals surface area contributed by atoms with Crippen molar-refractivity contribution in [1.29, 1.82) is 0 Å². The molecule has 0 aromatic rings. The molecular weight excluding hydrogens is 248 g/mol. The number of ether oxygens (including phenoxy) is 1. The Bertz CT molecular complexity index is 274. The second kappa shape index (κ2) is 7.77. The van der Waals surface area contributed by atoms with Crippen LogP contribution in [0.4, 0.5) is 0 Å². The molecule has 2 rings (SSSR count). The number of likely N-dealkylation sites (tertiary alicyclic amines) is 1. The van der Waals surface area contributed by atoms with Gasteiger partial charge in [-0.15, -0.1) is 0 Å². The highest BCUT2D eigenvalue weighted by Crippen LogP contribution is 2.30. The fourth-order valence-electron chi connectivity index (χ4n) is 3.61. The monoisotopic (exact) mass is 282 g/mol. The van der Waals surface area contributed by atoms with Crippen LogP contribution in [-0.2, 0) is 4.74 Å². The Hall–Kier alpha value is -0.120. The van der Waals surface area contributed by atoms with Gasteiger partial charge in [0.05, 0.1) is 6.61 Å². The SMILES string of the molecule is CC1CCCN(CC2(CNC(C)C)CCCOC2)CC1. The van der Waals surface area contributed by atoms with Gasteiger partial charge in [0.1, 0.15) is 0 Å². The van der Waals surface area contributed by atoms with Crippen molar-refractivity contribution < 1.29 is 4.74 Å². The molecule has 0 amide bonds. The molecule has 2 aliphatic rings. The molecule has 0 spiro atoms. The van der Waals surface area contributed by atoms with Crippen molar-refractivity contribution >= 4 is 0 Å². The average Bonchev–Trinajstić information content (AvgIpc) is 2.63. The lowest BCUT2D eigenvalue weighted by atomic mass is 9.81. The first-order chi connectivity index (χ1) is 9.60. The zero-order valence-corrected chi connectivity index (χ0v) is 13.8.